The van der Waals surface area contributed by atoms with Crippen LogP contribution in [0.1, 0.15) is 20.7 Å². The molecule has 1 aromatic rings. The summed E-state index contributed by atoms with van der Waals surface area (Å²) in [5.74, 6) is -4.83. The second kappa shape index (κ2) is 3.66. The van der Waals surface area contributed by atoms with Crippen LogP contribution in [-0.4, -0.2) is 32.4 Å². The molecule has 0 fully saturated rings. The molecule has 0 aliphatic heterocycles. The Morgan fingerprint density at radius 1 is 1.00 bits per heavy atom. The van der Waals surface area contributed by atoms with Crippen molar-refractivity contribution in [2.75, 3.05) is 0 Å². The van der Waals surface area contributed by atoms with Crippen molar-refractivity contribution in [1.29, 1.82) is 0 Å². The van der Waals surface area contributed by atoms with Crippen LogP contribution in [0, 0.1) is 0 Å². The molecule has 15 heavy (non-hydrogen) atoms. The summed E-state index contributed by atoms with van der Waals surface area (Å²) in [4.78, 5) is 21.1. The van der Waals surface area contributed by atoms with Crippen LogP contribution in [0.3, 0.4) is 0 Å². The van der Waals surface area contributed by atoms with Crippen molar-refractivity contribution in [3.05, 3.63) is 22.2 Å². The number of carbonyl (C=O) groups is 2. The van der Waals surface area contributed by atoms with Gasteiger partial charge in [0.1, 0.15) is 16.1 Å². The second-order valence-corrected chi connectivity index (χ2v) is 2.97. The van der Waals surface area contributed by atoms with E-state index in [1.807, 2.05) is 0 Å². The van der Waals surface area contributed by atoms with Gasteiger partial charge in [-0.3, -0.25) is 0 Å². The molecule has 6 nitrogen and oxygen atoms in total. The van der Waals surface area contributed by atoms with E-state index in [1.54, 1.807) is 0 Å². The van der Waals surface area contributed by atoms with Crippen LogP contribution in [0.15, 0.2) is 6.07 Å². The van der Waals surface area contributed by atoms with Gasteiger partial charge in [-0.2, -0.15) is 0 Å². The number of phenols is 2. The Morgan fingerprint density at radius 3 is 1.60 bits per heavy atom. The summed E-state index contributed by atoms with van der Waals surface area (Å²) in [7, 11) is 0. The molecule has 0 radical (unpaired) electrons. The van der Waals surface area contributed by atoms with E-state index in [2.05, 4.69) is 0 Å². The van der Waals surface area contributed by atoms with Gasteiger partial charge in [-0.05, 0) is 6.07 Å². The first-order valence-electron chi connectivity index (χ1n) is 3.57. The zero-order valence-corrected chi connectivity index (χ0v) is 7.82. The van der Waals surface area contributed by atoms with E-state index < -0.39 is 39.6 Å². The summed E-state index contributed by atoms with van der Waals surface area (Å²) in [6.45, 7) is 0. The predicted octanol–water partition coefficient (Wildman–Crippen LogP) is 1.15. The highest BCUT2D eigenvalue weighted by Crippen LogP contribution is 2.38. The maximum Gasteiger partial charge on any atom is 0.339 e. The number of benzene rings is 1. The van der Waals surface area contributed by atoms with E-state index in [0.29, 0.717) is 6.07 Å². The largest absolute Gasteiger partial charge is 0.505 e. The Kier molecular flexibility index (Phi) is 2.71. The number of halogens is 1. The molecular formula is C8H5ClO6. The summed E-state index contributed by atoms with van der Waals surface area (Å²) in [6, 6.07) is 0.626. The van der Waals surface area contributed by atoms with E-state index in [9.17, 15) is 19.8 Å². The minimum absolute atomic E-state index is 0.626. The van der Waals surface area contributed by atoms with Crippen LogP contribution < -0.4 is 0 Å². The fourth-order valence-corrected chi connectivity index (χ4v) is 1.16. The Hall–Kier alpha value is -1.95. The van der Waals surface area contributed by atoms with Crippen molar-refractivity contribution in [2.45, 2.75) is 0 Å². The van der Waals surface area contributed by atoms with E-state index in [4.69, 9.17) is 21.8 Å². The number of carboxylic acids is 2. The minimum Gasteiger partial charge on any atom is -0.505 e. The monoisotopic (exact) mass is 232 g/mol. The Bertz CT molecular complexity index is 415. The topological polar surface area (TPSA) is 115 Å². The maximum atomic E-state index is 10.6. The molecule has 0 spiro atoms. The number of rotatable bonds is 2. The van der Waals surface area contributed by atoms with Crippen LogP contribution in [0.2, 0.25) is 5.02 Å². The molecule has 0 saturated carbocycles. The number of aromatic hydroxyl groups is 2. The number of aromatic carboxylic acids is 2. The smallest absolute Gasteiger partial charge is 0.339 e. The lowest BCUT2D eigenvalue weighted by molar-refractivity contribution is 0.0693. The quantitative estimate of drug-likeness (QED) is 0.608. The molecule has 4 N–H and O–H groups in total. The van der Waals surface area contributed by atoms with Gasteiger partial charge in [0.25, 0.3) is 0 Å². The maximum absolute atomic E-state index is 10.6. The summed E-state index contributed by atoms with van der Waals surface area (Å²) >= 11 is 5.35. The number of hydrogen-bond donors (Lipinski definition) is 4. The van der Waals surface area contributed by atoms with E-state index in [0.717, 1.165) is 0 Å². The van der Waals surface area contributed by atoms with Crippen LogP contribution in [0.5, 0.6) is 11.5 Å². The standard InChI is InChI=1S/C8H5ClO6/c9-4-5(10)2(7(12)13)1-3(6(4)11)8(14)15/h1,10-11H,(H,12,13)(H,14,15). The molecule has 0 atom stereocenters. The van der Waals surface area contributed by atoms with Crippen molar-refractivity contribution in [3.63, 3.8) is 0 Å². The van der Waals surface area contributed by atoms with E-state index >= 15 is 0 Å². The van der Waals surface area contributed by atoms with Crippen LogP contribution >= 0.6 is 11.6 Å². The van der Waals surface area contributed by atoms with Gasteiger partial charge in [0.2, 0.25) is 0 Å². The predicted molar refractivity (Wildman–Crippen MR) is 48.7 cm³/mol. The van der Waals surface area contributed by atoms with Gasteiger partial charge in [-0.15, -0.1) is 0 Å². The van der Waals surface area contributed by atoms with Gasteiger partial charge in [-0.25, -0.2) is 9.59 Å². The molecule has 0 aliphatic rings. The van der Waals surface area contributed by atoms with Gasteiger partial charge in [-0.1, -0.05) is 11.6 Å². The van der Waals surface area contributed by atoms with Crippen LogP contribution in [-0.2, 0) is 0 Å². The highest BCUT2D eigenvalue weighted by atomic mass is 35.5. The molecular weight excluding hydrogens is 228 g/mol. The minimum atomic E-state index is -1.54. The average Bonchev–Trinajstić information content (AvgIpc) is 2.13. The Labute approximate surface area is 88.0 Å². The number of hydrogen-bond acceptors (Lipinski definition) is 4. The molecule has 0 bridgehead atoms. The Morgan fingerprint density at radius 2 is 1.33 bits per heavy atom. The average molecular weight is 233 g/mol. The third-order valence-electron chi connectivity index (χ3n) is 1.68. The molecule has 0 aromatic heterocycles. The van der Waals surface area contributed by atoms with Crippen molar-refractivity contribution < 1.29 is 30.0 Å². The highest BCUT2D eigenvalue weighted by Gasteiger charge is 2.22. The SMILES string of the molecule is O=C(O)c1cc(C(=O)O)c(O)c(Cl)c1O. The van der Waals surface area contributed by atoms with Gasteiger partial charge in [0.05, 0.1) is 0 Å². The molecule has 1 rings (SSSR count). The molecule has 1 aromatic carbocycles. The molecule has 80 valence electrons. The lowest BCUT2D eigenvalue weighted by atomic mass is 10.1. The van der Waals surface area contributed by atoms with Crippen molar-refractivity contribution in [3.8, 4) is 11.5 Å². The zero-order valence-electron chi connectivity index (χ0n) is 7.06. The summed E-state index contributed by atoms with van der Waals surface area (Å²) in [5, 5.41) is 34.9. The van der Waals surface area contributed by atoms with Gasteiger partial charge in [0, 0.05) is 0 Å². The molecule has 0 unspecified atom stereocenters. The van der Waals surface area contributed by atoms with Crippen molar-refractivity contribution in [2.24, 2.45) is 0 Å². The molecule has 0 saturated heterocycles. The van der Waals surface area contributed by atoms with Crippen molar-refractivity contribution >= 4 is 23.5 Å². The molecule has 7 heteroatoms. The van der Waals surface area contributed by atoms with E-state index in [1.165, 1.54) is 0 Å². The zero-order chi connectivity index (χ0) is 11.7. The highest BCUT2D eigenvalue weighted by molar-refractivity contribution is 6.34. The first-order valence-corrected chi connectivity index (χ1v) is 3.95. The third kappa shape index (κ3) is 1.79. The second-order valence-electron chi connectivity index (χ2n) is 2.59. The summed E-state index contributed by atoms with van der Waals surface area (Å²) in [5.41, 5.74) is -1.37. The van der Waals surface area contributed by atoms with Gasteiger partial charge < -0.3 is 20.4 Å². The Balaban J connectivity index is 3.59. The summed E-state index contributed by atoms with van der Waals surface area (Å²) < 4.78 is 0. The normalized spacial score (nSPS) is 9.93. The summed E-state index contributed by atoms with van der Waals surface area (Å²) in [6.07, 6.45) is 0. The molecule has 0 amide bonds. The van der Waals surface area contributed by atoms with Gasteiger partial charge in [0.15, 0.2) is 11.5 Å². The number of carboxylic acid groups (broad SMARTS) is 2. The molecule has 0 heterocycles. The molecule has 0 aliphatic carbocycles. The van der Waals surface area contributed by atoms with Crippen LogP contribution in [0.4, 0.5) is 0 Å². The van der Waals surface area contributed by atoms with Crippen molar-refractivity contribution in [1.82, 2.24) is 0 Å². The fraction of sp³-hybridized carbons (Fsp3) is 0. The first-order chi connectivity index (χ1) is 6.86. The van der Waals surface area contributed by atoms with Gasteiger partial charge >= 0.3 is 11.9 Å². The lowest BCUT2D eigenvalue weighted by Gasteiger charge is -2.06. The van der Waals surface area contributed by atoms with Crippen LogP contribution in [0.25, 0.3) is 0 Å². The van der Waals surface area contributed by atoms with E-state index in [-0.39, 0.29) is 0 Å². The third-order valence-corrected chi connectivity index (χ3v) is 2.03. The first kappa shape index (κ1) is 11.1. The lowest BCUT2D eigenvalue weighted by Crippen LogP contribution is -2.03. The fourth-order valence-electron chi connectivity index (χ4n) is 0.956.